The molecule has 0 bridgehead atoms. The Balaban J connectivity index is 1.75. The summed E-state index contributed by atoms with van der Waals surface area (Å²) < 4.78 is 29.2. The van der Waals surface area contributed by atoms with Gasteiger partial charge >= 0.3 is 0 Å². The van der Waals surface area contributed by atoms with Gasteiger partial charge in [0.25, 0.3) is 15.9 Å². The Kier molecular flexibility index (Phi) is 8.00. The Morgan fingerprint density at radius 1 is 0.730 bits per heavy atom. The number of nitrogens with zero attached hydrogens (tertiary/aromatic N) is 2. The Morgan fingerprint density at radius 3 is 1.86 bits per heavy atom. The number of para-hydroxylation sites is 1. The van der Waals surface area contributed by atoms with Crippen LogP contribution in [0, 0.1) is 13.8 Å². The molecular weight excluding hydrogens is 504 g/mol. The molecule has 0 aliphatic heterocycles. The number of carbonyl (C=O) groups is 1. The monoisotopic (exact) mass is 532 g/mol. The maximum absolute atomic E-state index is 14.0. The lowest BCUT2D eigenvalue weighted by Crippen LogP contribution is -2.34. The predicted octanol–water partition coefficient (Wildman–Crippen LogP) is 6.62. The van der Waals surface area contributed by atoms with E-state index in [1.54, 1.807) is 84.7 Å². The first-order chi connectivity index (χ1) is 17.6. The summed E-state index contributed by atoms with van der Waals surface area (Å²) in [5.41, 5.74) is 4.46. The van der Waals surface area contributed by atoms with Crippen LogP contribution in [0.2, 0.25) is 5.02 Å². The predicted molar refractivity (Wildman–Crippen MR) is 149 cm³/mol. The number of amides is 1. The van der Waals surface area contributed by atoms with Crippen LogP contribution in [-0.4, -0.2) is 26.3 Å². The number of rotatable bonds is 8. The number of aryl methyl sites for hydroxylation is 2. The summed E-state index contributed by atoms with van der Waals surface area (Å²) in [6, 6.07) is 28.5. The highest BCUT2D eigenvalue weighted by Crippen LogP contribution is 2.30. The third-order valence-corrected chi connectivity index (χ3v) is 8.16. The second-order valence-electron chi connectivity index (χ2n) is 9.12. The van der Waals surface area contributed by atoms with E-state index >= 15 is 0 Å². The summed E-state index contributed by atoms with van der Waals surface area (Å²) in [4.78, 5) is 15.4. The molecule has 4 aromatic carbocycles. The van der Waals surface area contributed by atoms with Gasteiger partial charge in [-0.05, 0) is 61.4 Å². The van der Waals surface area contributed by atoms with Gasteiger partial charge in [0.1, 0.15) is 0 Å². The quantitative estimate of drug-likeness (QED) is 0.256. The third kappa shape index (κ3) is 6.21. The molecule has 190 valence electrons. The maximum atomic E-state index is 14.0. The van der Waals surface area contributed by atoms with E-state index in [0.29, 0.717) is 22.8 Å². The van der Waals surface area contributed by atoms with Crippen LogP contribution >= 0.6 is 11.6 Å². The van der Waals surface area contributed by atoms with E-state index in [4.69, 9.17) is 11.6 Å². The summed E-state index contributed by atoms with van der Waals surface area (Å²) in [6.07, 6.45) is 0. The molecule has 0 aliphatic carbocycles. The van der Waals surface area contributed by atoms with E-state index < -0.39 is 10.0 Å². The van der Waals surface area contributed by atoms with Crippen LogP contribution in [0.5, 0.6) is 0 Å². The molecule has 4 rings (SSSR count). The fourth-order valence-corrected chi connectivity index (χ4v) is 5.61. The highest BCUT2D eigenvalue weighted by Gasteiger charge is 2.29. The molecule has 0 heterocycles. The highest BCUT2D eigenvalue weighted by molar-refractivity contribution is 7.92. The number of hydrogen-bond acceptors (Lipinski definition) is 3. The first kappa shape index (κ1) is 26.5. The smallest absolute Gasteiger partial charge is 0.264 e. The van der Waals surface area contributed by atoms with Gasteiger partial charge in [-0.15, -0.1) is 0 Å². The van der Waals surface area contributed by atoms with Crippen molar-refractivity contribution in [2.45, 2.75) is 31.8 Å². The second-order valence-corrected chi connectivity index (χ2v) is 11.4. The number of benzene rings is 4. The summed E-state index contributed by atoms with van der Waals surface area (Å²) in [7, 11) is -2.28. The summed E-state index contributed by atoms with van der Waals surface area (Å²) in [5.74, 6) is -0.267. The van der Waals surface area contributed by atoms with Gasteiger partial charge in [-0.1, -0.05) is 83.4 Å². The molecule has 0 atom stereocenters. The lowest BCUT2D eigenvalue weighted by molar-refractivity contribution is 0.0786. The van der Waals surface area contributed by atoms with E-state index in [9.17, 15) is 13.2 Å². The van der Waals surface area contributed by atoms with Gasteiger partial charge in [0, 0.05) is 18.6 Å². The Hall–Kier alpha value is -3.61. The lowest BCUT2D eigenvalue weighted by Gasteiger charge is -2.28. The van der Waals surface area contributed by atoms with Gasteiger partial charge in [-0.25, -0.2) is 8.42 Å². The molecule has 0 N–H and O–H groups in total. The number of sulfonamides is 1. The average molecular weight is 533 g/mol. The van der Waals surface area contributed by atoms with Crippen LogP contribution < -0.4 is 4.31 Å². The van der Waals surface area contributed by atoms with Crippen LogP contribution in [0.25, 0.3) is 0 Å². The molecule has 0 radical (unpaired) electrons. The van der Waals surface area contributed by atoms with Gasteiger partial charge in [0.15, 0.2) is 0 Å². The van der Waals surface area contributed by atoms with Crippen molar-refractivity contribution in [2.75, 3.05) is 11.4 Å². The molecule has 0 unspecified atom stereocenters. The van der Waals surface area contributed by atoms with Crippen molar-refractivity contribution in [3.8, 4) is 0 Å². The molecule has 0 saturated carbocycles. The van der Waals surface area contributed by atoms with E-state index in [0.717, 1.165) is 22.3 Å². The molecular formula is C30H29ClN2O3S. The maximum Gasteiger partial charge on any atom is 0.264 e. The first-order valence-electron chi connectivity index (χ1n) is 11.9. The van der Waals surface area contributed by atoms with Crippen LogP contribution in [-0.2, 0) is 23.1 Å². The SMILES string of the molecule is Cc1ccc(CN(C)C(=O)c2ccccc2N(Cc2ccc(Cl)cc2)S(=O)(=O)c2ccc(C)cc2)cc1. The zero-order chi connectivity index (χ0) is 26.6. The normalized spacial score (nSPS) is 11.2. The second kappa shape index (κ2) is 11.2. The number of anilines is 1. The minimum atomic E-state index is -3.99. The lowest BCUT2D eigenvalue weighted by atomic mass is 10.1. The van der Waals surface area contributed by atoms with Crippen molar-refractivity contribution in [3.63, 3.8) is 0 Å². The molecule has 0 aliphatic rings. The standard InChI is InChI=1S/C30H29ClN2O3S/c1-22-8-12-24(13-9-22)20-32(3)30(34)28-6-4-5-7-29(28)33(21-25-14-16-26(31)17-15-25)37(35,36)27-18-10-23(2)11-19-27/h4-19H,20-21H2,1-3H3. The topological polar surface area (TPSA) is 57.7 Å². The van der Waals surface area contributed by atoms with Gasteiger partial charge in [-0.2, -0.15) is 0 Å². The van der Waals surface area contributed by atoms with Crippen molar-refractivity contribution in [1.29, 1.82) is 0 Å². The van der Waals surface area contributed by atoms with E-state index in [1.807, 2.05) is 38.1 Å². The molecule has 0 aromatic heterocycles. The Bertz CT molecular complexity index is 1480. The molecule has 5 nitrogen and oxygen atoms in total. The van der Waals surface area contributed by atoms with Crippen molar-refractivity contribution in [1.82, 2.24) is 4.90 Å². The Labute approximate surface area is 224 Å². The van der Waals surface area contributed by atoms with Crippen LogP contribution in [0.1, 0.15) is 32.6 Å². The fourth-order valence-electron chi connectivity index (χ4n) is 4.01. The number of carbonyl (C=O) groups excluding carboxylic acids is 1. The van der Waals surface area contributed by atoms with E-state index in [2.05, 4.69) is 0 Å². The molecule has 0 saturated heterocycles. The Morgan fingerprint density at radius 2 is 1.24 bits per heavy atom. The van der Waals surface area contributed by atoms with Gasteiger partial charge in [-0.3, -0.25) is 9.10 Å². The first-order valence-corrected chi connectivity index (χ1v) is 13.7. The van der Waals surface area contributed by atoms with E-state index in [1.165, 1.54) is 4.31 Å². The highest BCUT2D eigenvalue weighted by atomic mass is 35.5. The number of hydrogen-bond donors (Lipinski definition) is 0. The average Bonchev–Trinajstić information content (AvgIpc) is 2.89. The molecule has 37 heavy (non-hydrogen) atoms. The number of halogens is 1. The van der Waals surface area contributed by atoms with Crippen LogP contribution in [0.3, 0.4) is 0 Å². The van der Waals surface area contributed by atoms with Crippen molar-refractivity contribution in [2.24, 2.45) is 0 Å². The zero-order valence-corrected chi connectivity index (χ0v) is 22.6. The van der Waals surface area contributed by atoms with Crippen molar-refractivity contribution in [3.05, 3.63) is 130 Å². The minimum Gasteiger partial charge on any atom is -0.337 e. The van der Waals surface area contributed by atoms with Gasteiger partial charge in [0.05, 0.1) is 22.7 Å². The van der Waals surface area contributed by atoms with Gasteiger partial charge in [0.2, 0.25) is 0 Å². The van der Waals surface area contributed by atoms with Crippen LogP contribution in [0.15, 0.2) is 102 Å². The fraction of sp³-hybridized carbons (Fsp3) is 0.167. The van der Waals surface area contributed by atoms with Gasteiger partial charge < -0.3 is 4.90 Å². The summed E-state index contributed by atoms with van der Waals surface area (Å²) in [5, 5.41) is 0.560. The molecule has 4 aromatic rings. The largest absolute Gasteiger partial charge is 0.337 e. The summed E-state index contributed by atoms with van der Waals surface area (Å²) >= 11 is 6.06. The minimum absolute atomic E-state index is 0.0410. The molecule has 1 amide bonds. The van der Waals surface area contributed by atoms with Crippen molar-refractivity contribution < 1.29 is 13.2 Å². The van der Waals surface area contributed by atoms with Crippen LogP contribution in [0.4, 0.5) is 5.69 Å². The third-order valence-electron chi connectivity index (χ3n) is 6.14. The van der Waals surface area contributed by atoms with E-state index in [-0.39, 0.29) is 17.3 Å². The zero-order valence-electron chi connectivity index (χ0n) is 21.1. The molecule has 0 fully saturated rings. The molecule has 0 spiro atoms. The summed E-state index contributed by atoms with van der Waals surface area (Å²) in [6.45, 7) is 4.35. The molecule has 7 heteroatoms. The van der Waals surface area contributed by atoms with Crippen molar-refractivity contribution >= 4 is 33.2 Å².